The SMILES string of the molecule is CC(C)CC(=O)OC[C@H]1O[C@@](C#N)(c2ccc3c(N)ncnn23)[C@H](O)[C@@H]1OC(=O)Cc1ccccc1. The molecular weight excluding hydrogens is 466 g/mol. The van der Waals surface area contributed by atoms with E-state index in [1.54, 1.807) is 30.3 Å². The Bertz CT molecular complexity index is 1290. The Labute approximate surface area is 207 Å². The number of nitriles is 1. The number of esters is 2. The van der Waals surface area contributed by atoms with Crippen LogP contribution in [0.4, 0.5) is 5.82 Å². The zero-order chi connectivity index (χ0) is 25.9. The number of aliphatic hydroxyl groups is 1. The van der Waals surface area contributed by atoms with Gasteiger partial charge in [-0.2, -0.15) is 10.4 Å². The number of nitrogen functional groups attached to an aromatic ring is 1. The number of carbonyl (C=O) groups excluding carboxylic acids is 2. The minimum absolute atomic E-state index is 0.0543. The average molecular weight is 494 g/mol. The first-order valence-electron chi connectivity index (χ1n) is 11.5. The largest absolute Gasteiger partial charge is 0.463 e. The first kappa shape index (κ1) is 25.1. The number of ether oxygens (including phenoxy) is 3. The molecule has 1 aliphatic rings. The van der Waals surface area contributed by atoms with Gasteiger partial charge in [0.15, 0.2) is 11.9 Å². The maximum atomic E-state index is 12.8. The molecule has 11 nitrogen and oxygen atoms in total. The molecule has 3 N–H and O–H groups in total. The van der Waals surface area contributed by atoms with Crippen molar-refractivity contribution < 1.29 is 28.9 Å². The van der Waals surface area contributed by atoms with E-state index >= 15 is 0 Å². The summed E-state index contributed by atoms with van der Waals surface area (Å²) in [7, 11) is 0. The number of anilines is 1. The summed E-state index contributed by atoms with van der Waals surface area (Å²) in [4.78, 5) is 28.9. The molecule has 0 bridgehead atoms. The monoisotopic (exact) mass is 493 g/mol. The summed E-state index contributed by atoms with van der Waals surface area (Å²) < 4.78 is 18.3. The van der Waals surface area contributed by atoms with E-state index in [4.69, 9.17) is 19.9 Å². The number of carbonyl (C=O) groups is 2. The van der Waals surface area contributed by atoms with Crippen molar-refractivity contribution >= 4 is 23.3 Å². The van der Waals surface area contributed by atoms with Crippen LogP contribution in [0.25, 0.3) is 5.52 Å². The van der Waals surface area contributed by atoms with Gasteiger partial charge < -0.3 is 25.1 Å². The van der Waals surface area contributed by atoms with Crippen molar-refractivity contribution in [1.82, 2.24) is 14.6 Å². The quantitative estimate of drug-likeness (QED) is 0.440. The van der Waals surface area contributed by atoms with Gasteiger partial charge in [0, 0.05) is 6.42 Å². The molecule has 0 amide bonds. The van der Waals surface area contributed by atoms with Crippen LogP contribution in [0, 0.1) is 17.2 Å². The highest BCUT2D eigenvalue weighted by atomic mass is 16.6. The van der Waals surface area contributed by atoms with Crippen LogP contribution in [0.3, 0.4) is 0 Å². The molecule has 0 radical (unpaired) electrons. The van der Waals surface area contributed by atoms with Crippen molar-refractivity contribution in [1.29, 1.82) is 5.26 Å². The Morgan fingerprint density at radius 3 is 2.69 bits per heavy atom. The molecule has 3 aromatic rings. The number of fused-ring (bicyclic) bond motifs is 1. The van der Waals surface area contributed by atoms with E-state index in [1.165, 1.54) is 16.9 Å². The van der Waals surface area contributed by atoms with Gasteiger partial charge in [0.2, 0.25) is 5.60 Å². The van der Waals surface area contributed by atoms with Crippen LogP contribution in [0.5, 0.6) is 0 Å². The molecule has 0 unspecified atom stereocenters. The van der Waals surface area contributed by atoms with Crippen LogP contribution >= 0.6 is 0 Å². The number of nitrogens with two attached hydrogens (primary N) is 1. The minimum Gasteiger partial charge on any atom is -0.463 e. The summed E-state index contributed by atoms with van der Waals surface area (Å²) in [5, 5.41) is 25.7. The molecule has 2 aromatic heterocycles. The molecule has 4 atom stereocenters. The van der Waals surface area contributed by atoms with E-state index in [-0.39, 0.29) is 36.9 Å². The van der Waals surface area contributed by atoms with Gasteiger partial charge in [-0.3, -0.25) is 9.59 Å². The van der Waals surface area contributed by atoms with Crippen LogP contribution in [0.2, 0.25) is 0 Å². The highest BCUT2D eigenvalue weighted by Gasteiger charge is 2.60. The fraction of sp³-hybridized carbons (Fsp3) is 0.400. The van der Waals surface area contributed by atoms with Crippen molar-refractivity contribution in [2.24, 2.45) is 5.92 Å². The summed E-state index contributed by atoms with van der Waals surface area (Å²) >= 11 is 0. The number of benzene rings is 1. The Morgan fingerprint density at radius 1 is 1.25 bits per heavy atom. The first-order chi connectivity index (χ1) is 17.2. The molecule has 1 aromatic carbocycles. The lowest BCUT2D eigenvalue weighted by atomic mass is 9.92. The number of nitrogens with zero attached hydrogens (tertiary/aromatic N) is 4. The third kappa shape index (κ3) is 4.86. The fourth-order valence-corrected chi connectivity index (χ4v) is 4.20. The third-order valence-corrected chi connectivity index (χ3v) is 5.90. The smallest absolute Gasteiger partial charge is 0.310 e. The first-order valence-corrected chi connectivity index (χ1v) is 11.5. The average Bonchev–Trinajstić information content (AvgIpc) is 3.39. The van der Waals surface area contributed by atoms with Gasteiger partial charge in [0.05, 0.1) is 12.1 Å². The second-order valence-corrected chi connectivity index (χ2v) is 9.01. The van der Waals surface area contributed by atoms with Gasteiger partial charge in [-0.15, -0.1) is 0 Å². The zero-order valence-electron chi connectivity index (χ0n) is 19.9. The summed E-state index contributed by atoms with van der Waals surface area (Å²) in [6, 6.07) is 14.1. The van der Waals surface area contributed by atoms with Gasteiger partial charge in [0.25, 0.3) is 0 Å². The maximum Gasteiger partial charge on any atom is 0.310 e. The molecule has 36 heavy (non-hydrogen) atoms. The lowest BCUT2D eigenvalue weighted by Crippen LogP contribution is -2.43. The Kier molecular flexibility index (Phi) is 7.19. The Morgan fingerprint density at radius 2 is 2.00 bits per heavy atom. The van der Waals surface area contributed by atoms with E-state index in [9.17, 15) is 20.0 Å². The molecule has 0 aliphatic carbocycles. The molecule has 4 rings (SSSR count). The van der Waals surface area contributed by atoms with Crippen molar-refractivity contribution in [3.63, 3.8) is 0 Å². The van der Waals surface area contributed by atoms with Gasteiger partial charge in [-0.05, 0) is 23.6 Å². The molecular formula is C25H27N5O6. The predicted molar refractivity (Wildman–Crippen MR) is 126 cm³/mol. The maximum absolute atomic E-state index is 12.8. The summed E-state index contributed by atoms with van der Waals surface area (Å²) in [6.45, 7) is 3.42. The number of aromatic nitrogens is 3. The second kappa shape index (κ2) is 10.3. The summed E-state index contributed by atoms with van der Waals surface area (Å²) in [5.41, 5.74) is 5.22. The standard InChI is InChI=1S/C25H27N5O6/c1-15(2)10-20(31)34-12-18-22(35-21(32)11-16-6-4-3-5-7-16)23(33)25(13-26,36-18)19-9-8-17-24(27)28-14-29-30(17)19/h3-9,14-15,18,22-23,33H,10-12H2,1-2H3,(H2,27,28,29)/t18-,22-,23-,25+/m1/s1. The van der Waals surface area contributed by atoms with Gasteiger partial charge in [0.1, 0.15) is 36.7 Å². The second-order valence-electron chi connectivity index (χ2n) is 9.01. The highest BCUT2D eigenvalue weighted by Crippen LogP contribution is 2.42. The summed E-state index contributed by atoms with van der Waals surface area (Å²) in [6.07, 6.45) is -2.69. The lowest BCUT2D eigenvalue weighted by molar-refractivity contribution is -0.160. The Hall–Kier alpha value is -4.01. The number of aliphatic hydroxyl groups excluding tert-OH is 1. The molecule has 1 fully saturated rings. The van der Waals surface area contributed by atoms with E-state index < -0.39 is 35.9 Å². The zero-order valence-corrected chi connectivity index (χ0v) is 19.9. The summed E-state index contributed by atoms with van der Waals surface area (Å²) in [5.74, 6) is -0.863. The lowest BCUT2D eigenvalue weighted by Gasteiger charge is -2.24. The third-order valence-electron chi connectivity index (χ3n) is 5.90. The molecule has 0 saturated carbocycles. The van der Waals surface area contributed by atoms with E-state index in [0.29, 0.717) is 11.1 Å². The topological polar surface area (TPSA) is 162 Å². The van der Waals surface area contributed by atoms with Gasteiger partial charge >= 0.3 is 11.9 Å². The van der Waals surface area contributed by atoms with Crippen LogP contribution in [-0.2, 0) is 35.8 Å². The van der Waals surface area contributed by atoms with Crippen LogP contribution < -0.4 is 5.73 Å². The Balaban J connectivity index is 1.64. The van der Waals surface area contributed by atoms with Crippen molar-refractivity contribution in [2.75, 3.05) is 12.3 Å². The van der Waals surface area contributed by atoms with Gasteiger partial charge in [-0.1, -0.05) is 44.2 Å². The number of hydrogen-bond acceptors (Lipinski definition) is 10. The van der Waals surface area contributed by atoms with Gasteiger partial charge in [-0.25, -0.2) is 9.50 Å². The van der Waals surface area contributed by atoms with Crippen LogP contribution in [0.15, 0.2) is 48.8 Å². The van der Waals surface area contributed by atoms with E-state index in [0.717, 1.165) is 0 Å². The highest BCUT2D eigenvalue weighted by molar-refractivity contribution is 5.73. The van der Waals surface area contributed by atoms with Crippen molar-refractivity contribution in [3.05, 3.63) is 60.0 Å². The van der Waals surface area contributed by atoms with Crippen molar-refractivity contribution in [3.8, 4) is 6.07 Å². The van der Waals surface area contributed by atoms with E-state index in [1.807, 2.05) is 26.0 Å². The van der Waals surface area contributed by atoms with Crippen LogP contribution in [-0.4, -0.2) is 56.6 Å². The normalized spacial score (nSPS) is 23.5. The molecule has 1 aliphatic heterocycles. The molecule has 3 heterocycles. The molecule has 11 heteroatoms. The fourth-order valence-electron chi connectivity index (χ4n) is 4.20. The predicted octanol–water partition coefficient (Wildman–Crippen LogP) is 1.53. The number of hydrogen-bond donors (Lipinski definition) is 2. The minimum atomic E-state index is -1.99. The molecule has 0 spiro atoms. The molecule has 188 valence electrons. The molecule has 1 saturated heterocycles. The van der Waals surface area contributed by atoms with E-state index in [2.05, 4.69) is 10.1 Å². The van der Waals surface area contributed by atoms with Crippen LogP contribution in [0.1, 0.15) is 31.5 Å². The van der Waals surface area contributed by atoms with Crippen molar-refractivity contribution in [2.45, 2.75) is 50.6 Å². The number of rotatable bonds is 8.